The molecule has 0 spiro atoms. The molecule has 1 aromatic rings. The second-order valence-electron chi connectivity index (χ2n) is 3.35. The van der Waals surface area contributed by atoms with Crippen LogP contribution in [0.15, 0.2) is 27.8 Å². The fourth-order valence-electron chi connectivity index (χ4n) is 1.44. The molecule has 1 fully saturated rings. The molecule has 0 saturated carbocycles. The maximum absolute atomic E-state index is 11.1. The molecule has 2 rings (SSSR count). The highest BCUT2D eigenvalue weighted by molar-refractivity contribution is 7.91. The van der Waals surface area contributed by atoms with Crippen LogP contribution in [0.3, 0.4) is 0 Å². The molecular weight excluding hydrogens is 202 g/mol. The first-order chi connectivity index (χ1) is 6.66. The topological polar surface area (TPSA) is 59.6 Å². The van der Waals surface area contributed by atoms with Gasteiger partial charge in [-0.25, -0.2) is 8.42 Å². The van der Waals surface area contributed by atoms with Crippen LogP contribution in [0.1, 0.15) is 12.2 Å². The average molecular weight is 213 g/mol. The Balaban J connectivity index is 2.00. The van der Waals surface area contributed by atoms with E-state index < -0.39 is 9.84 Å². The number of sulfone groups is 1. The lowest BCUT2D eigenvalue weighted by molar-refractivity contribution is 0.559. The largest absolute Gasteiger partial charge is 0.463 e. The third kappa shape index (κ3) is 2.23. The molecule has 0 bridgehead atoms. The Bertz CT molecular complexity index is 419. The number of hydrogen-bond donors (Lipinski definition) is 0. The zero-order valence-electron chi connectivity index (χ0n) is 7.59. The first-order valence-electron chi connectivity index (χ1n) is 4.43. The first-order valence-corrected chi connectivity index (χ1v) is 6.25. The molecule has 1 unspecified atom stereocenters. The van der Waals surface area contributed by atoms with Crippen LogP contribution < -0.4 is 0 Å². The van der Waals surface area contributed by atoms with Gasteiger partial charge < -0.3 is 4.42 Å². The monoisotopic (exact) mass is 213 g/mol. The second-order valence-corrected chi connectivity index (χ2v) is 5.58. The Morgan fingerprint density at radius 1 is 1.57 bits per heavy atom. The summed E-state index contributed by atoms with van der Waals surface area (Å²) in [5, 5.41) is 0. The van der Waals surface area contributed by atoms with Crippen molar-refractivity contribution < 1.29 is 12.8 Å². The van der Waals surface area contributed by atoms with Gasteiger partial charge in [0, 0.05) is 0 Å². The van der Waals surface area contributed by atoms with Crippen molar-refractivity contribution in [3.8, 4) is 0 Å². The van der Waals surface area contributed by atoms with Crippen LogP contribution in [0.4, 0.5) is 0 Å². The second kappa shape index (κ2) is 3.57. The van der Waals surface area contributed by atoms with Crippen molar-refractivity contribution in [1.29, 1.82) is 0 Å². The van der Waals surface area contributed by atoms with Gasteiger partial charge in [-0.15, -0.1) is 0 Å². The molecule has 2 heterocycles. The number of nitrogens with zero attached hydrogens (tertiary/aromatic N) is 1. The minimum atomic E-state index is -2.83. The van der Waals surface area contributed by atoms with E-state index in [0.29, 0.717) is 12.2 Å². The molecule has 0 aliphatic carbocycles. The Kier molecular flexibility index (Phi) is 2.41. The van der Waals surface area contributed by atoms with Crippen molar-refractivity contribution in [2.45, 2.75) is 12.5 Å². The minimum absolute atomic E-state index is 0.0925. The van der Waals surface area contributed by atoms with E-state index in [0.717, 1.165) is 0 Å². The molecule has 1 aliphatic heterocycles. The van der Waals surface area contributed by atoms with Crippen LogP contribution in [-0.4, -0.2) is 32.2 Å². The molecule has 0 radical (unpaired) electrons. The lowest BCUT2D eigenvalue weighted by atomic mass is 10.3. The standard InChI is InChI=1S/C9H11NO3S/c11-14(12)5-3-8(7-14)10-6-9-2-1-4-13-9/h1-2,4,6,8H,3,5,7H2. The highest BCUT2D eigenvalue weighted by atomic mass is 32.2. The van der Waals surface area contributed by atoms with Crippen molar-refractivity contribution in [1.82, 2.24) is 0 Å². The Morgan fingerprint density at radius 3 is 3.00 bits per heavy atom. The van der Waals surface area contributed by atoms with Crippen molar-refractivity contribution in [2.75, 3.05) is 11.5 Å². The quantitative estimate of drug-likeness (QED) is 0.685. The minimum Gasteiger partial charge on any atom is -0.463 e. The van der Waals surface area contributed by atoms with E-state index in [4.69, 9.17) is 4.42 Å². The smallest absolute Gasteiger partial charge is 0.152 e. The van der Waals surface area contributed by atoms with Crippen molar-refractivity contribution >= 4 is 16.1 Å². The Hall–Kier alpha value is -1.10. The summed E-state index contributed by atoms with van der Waals surface area (Å²) in [6.45, 7) is 0. The molecule has 1 aromatic heterocycles. The van der Waals surface area contributed by atoms with Gasteiger partial charge in [0.25, 0.3) is 0 Å². The molecular formula is C9H11NO3S. The molecule has 0 N–H and O–H groups in total. The molecule has 0 aromatic carbocycles. The lowest BCUT2D eigenvalue weighted by Gasteiger charge is -1.96. The average Bonchev–Trinajstić information content (AvgIpc) is 2.70. The van der Waals surface area contributed by atoms with E-state index in [1.165, 1.54) is 0 Å². The van der Waals surface area contributed by atoms with Gasteiger partial charge in [-0.3, -0.25) is 4.99 Å². The number of hydrogen-bond acceptors (Lipinski definition) is 4. The van der Waals surface area contributed by atoms with Gasteiger partial charge in [0.05, 0.1) is 30.0 Å². The SMILES string of the molecule is O=S1(=O)CCC(N=Cc2ccco2)C1. The van der Waals surface area contributed by atoms with Crippen LogP contribution in [0.2, 0.25) is 0 Å². The third-order valence-electron chi connectivity index (χ3n) is 2.16. The van der Waals surface area contributed by atoms with Crippen LogP contribution in [0.25, 0.3) is 0 Å². The third-order valence-corrected chi connectivity index (χ3v) is 3.91. The molecule has 5 heteroatoms. The Morgan fingerprint density at radius 2 is 2.43 bits per heavy atom. The van der Waals surface area contributed by atoms with Gasteiger partial charge in [0.1, 0.15) is 5.76 Å². The zero-order chi connectivity index (χ0) is 10.0. The number of rotatable bonds is 2. The summed E-state index contributed by atoms with van der Waals surface area (Å²) in [5.74, 6) is 1.09. The normalized spacial score (nSPS) is 25.9. The fourth-order valence-corrected chi connectivity index (χ4v) is 3.07. The summed E-state index contributed by atoms with van der Waals surface area (Å²) in [5.41, 5.74) is 0. The maximum Gasteiger partial charge on any atom is 0.152 e. The number of furan rings is 1. The van der Waals surface area contributed by atoms with E-state index >= 15 is 0 Å². The molecule has 1 aliphatic rings. The highest BCUT2D eigenvalue weighted by Gasteiger charge is 2.26. The molecule has 14 heavy (non-hydrogen) atoms. The van der Waals surface area contributed by atoms with Gasteiger partial charge in [0.15, 0.2) is 9.84 Å². The van der Waals surface area contributed by atoms with E-state index in [2.05, 4.69) is 4.99 Å². The molecule has 1 saturated heterocycles. The summed E-state index contributed by atoms with van der Waals surface area (Å²) >= 11 is 0. The maximum atomic E-state index is 11.1. The van der Waals surface area contributed by atoms with Crippen molar-refractivity contribution in [3.05, 3.63) is 24.2 Å². The zero-order valence-corrected chi connectivity index (χ0v) is 8.40. The fraction of sp³-hybridized carbons (Fsp3) is 0.444. The Labute approximate surface area is 82.6 Å². The van der Waals surface area contributed by atoms with E-state index in [1.807, 2.05) is 0 Å². The van der Waals surface area contributed by atoms with Crippen molar-refractivity contribution in [3.63, 3.8) is 0 Å². The summed E-state index contributed by atoms with van der Waals surface area (Å²) in [7, 11) is -2.83. The lowest BCUT2D eigenvalue weighted by Crippen LogP contribution is -2.07. The predicted molar refractivity (Wildman–Crippen MR) is 53.4 cm³/mol. The summed E-state index contributed by atoms with van der Waals surface area (Å²) in [6, 6.07) is 3.46. The van der Waals surface area contributed by atoms with E-state index in [-0.39, 0.29) is 17.5 Å². The molecule has 1 atom stereocenters. The van der Waals surface area contributed by atoms with E-state index in [1.54, 1.807) is 24.6 Å². The van der Waals surface area contributed by atoms with Gasteiger partial charge in [-0.2, -0.15) is 0 Å². The van der Waals surface area contributed by atoms with E-state index in [9.17, 15) is 8.42 Å². The molecule has 76 valence electrons. The first kappa shape index (κ1) is 9.45. The highest BCUT2D eigenvalue weighted by Crippen LogP contribution is 2.14. The van der Waals surface area contributed by atoms with Crippen molar-refractivity contribution in [2.24, 2.45) is 4.99 Å². The summed E-state index contributed by atoms with van der Waals surface area (Å²) in [6.07, 6.45) is 3.78. The molecule has 4 nitrogen and oxygen atoms in total. The summed E-state index contributed by atoms with van der Waals surface area (Å²) < 4.78 is 27.3. The van der Waals surface area contributed by atoms with Gasteiger partial charge in [-0.05, 0) is 18.6 Å². The number of aliphatic imine (C=N–C) groups is 1. The predicted octanol–water partition coefficient (Wildman–Crippen LogP) is 0.886. The van der Waals surface area contributed by atoms with Crippen LogP contribution in [0, 0.1) is 0 Å². The molecule has 0 amide bonds. The van der Waals surface area contributed by atoms with Gasteiger partial charge in [-0.1, -0.05) is 0 Å². The van der Waals surface area contributed by atoms with Crippen LogP contribution in [0.5, 0.6) is 0 Å². The van der Waals surface area contributed by atoms with Crippen LogP contribution in [-0.2, 0) is 9.84 Å². The van der Waals surface area contributed by atoms with Crippen LogP contribution >= 0.6 is 0 Å². The van der Waals surface area contributed by atoms with Gasteiger partial charge in [0.2, 0.25) is 0 Å². The van der Waals surface area contributed by atoms with Gasteiger partial charge >= 0.3 is 0 Å². The summed E-state index contributed by atoms with van der Waals surface area (Å²) in [4.78, 5) is 4.16.